The molecule has 1 atom stereocenters. The summed E-state index contributed by atoms with van der Waals surface area (Å²) in [6.45, 7) is 0. The largest absolute Gasteiger partial charge is 0.376 e. The highest BCUT2D eigenvalue weighted by molar-refractivity contribution is 5.97. The molecular weight excluding hydrogens is 262 g/mol. The lowest BCUT2D eigenvalue weighted by Crippen LogP contribution is -2.37. The molecule has 0 heterocycles. The lowest BCUT2D eigenvalue weighted by Gasteiger charge is -2.19. The fraction of sp³-hybridized carbons (Fsp3) is 0.235. The Morgan fingerprint density at radius 2 is 1.71 bits per heavy atom. The Labute approximate surface area is 125 Å². The Kier molecular flexibility index (Phi) is 4.95. The molecule has 0 fully saturated rings. The number of para-hydroxylation sites is 2. The van der Waals surface area contributed by atoms with Gasteiger partial charge < -0.3 is 16.0 Å². The first-order chi connectivity index (χ1) is 10.1. The van der Waals surface area contributed by atoms with Crippen LogP contribution in [-0.4, -0.2) is 26.0 Å². The molecule has 0 bridgehead atoms. The lowest BCUT2D eigenvalue weighted by atomic mass is 10.1. The maximum absolute atomic E-state index is 12.2. The van der Waals surface area contributed by atoms with Gasteiger partial charge in [-0.05, 0) is 24.1 Å². The summed E-state index contributed by atoms with van der Waals surface area (Å²) in [6.07, 6.45) is 0.525. The van der Waals surface area contributed by atoms with Gasteiger partial charge in [0.2, 0.25) is 5.91 Å². The zero-order chi connectivity index (χ0) is 15.2. The highest BCUT2D eigenvalue weighted by Gasteiger charge is 2.15. The Bertz CT molecular complexity index is 596. The van der Waals surface area contributed by atoms with Crippen LogP contribution in [0.25, 0.3) is 0 Å². The van der Waals surface area contributed by atoms with Gasteiger partial charge >= 0.3 is 0 Å². The van der Waals surface area contributed by atoms with Gasteiger partial charge in [0.05, 0.1) is 17.4 Å². The number of anilines is 2. The highest BCUT2D eigenvalue weighted by Crippen LogP contribution is 2.23. The van der Waals surface area contributed by atoms with Crippen molar-refractivity contribution in [2.75, 3.05) is 24.3 Å². The molecule has 1 amide bonds. The Hall–Kier alpha value is -2.33. The predicted molar refractivity (Wildman–Crippen MR) is 87.5 cm³/mol. The molecule has 21 heavy (non-hydrogen) atoms. The van der Waals surface area contributed by atoms with Crippen LogP contribution in [0.4, 0.5) is 11.4 Å². The van der Waals surface area contributed by atoms with Gasteiger partial charge in [-0.1, -0.05) is 42.5 Å². The fourth-order valence-corrected chi connectivity index (χ4v) is 2.16. The standard InChI is InChI=1S/C17H21N3O/c1-20(2)16-11-7-6-10-15(16)19-17(21)14(18)12-13-8-4-3-5-9-13/h3-11,14H,12,18H2,1-2H3,(H,19,21)/t14-/m1/s1. The van der Waals surface area contributed by atoms with Crippen molar-refractivity contribution >= 4 is 17.3 Å². The van der Waals surface area contributed by atoms with Crippen LogP contribution in [0, 0.1) is 0 Å². The third-order valence-electron chi connectivity index (χ3n) is 3.28. The van der Waals surface area contributed by atoms with E-state index in [0.29, 0.717) is 6.42 Å². The van der Waals surface area contributed by atoms with Crippen LogP contribution in [0.15, 0.2) is 54.6 Å². The number of carbonyl (C=O) groups is 1. The summed E-state index contributed by atoms with van der Waals surface area (Å²) in [5, 5.41) is 2.91. The van der Waals surface area contributed by atoms with Crippen LogP contribution in [0.5, 0.6) is 0 Å². The zero-order valence-electron chi connectivity index (χ0n) is 12.4. The van der Waals surface area contributed by atoms with Crippen LogP contribution in [0.1, 0.15) is 5.56 Å². The van der Waals surface area contributed by atoms with Crippen LogP contribution in [0.3, 0.4) is 0 Å². The van der Waals surface area contributed by atoms with E-state index in [-0.39, 0.29) is 5.91 Å². The van der Waals surface area contributed by atoms with E-state index in [1.54, 1.807) is 0 Å². The number of nitrogens with zero attached hydrogens (tertiary/aromatic N) is 1. The van der Waals surface area contributed by atoms with Crippen molar-refractivity contribution in [2.45, 2.75) is 12.5 Å². The number of nitrogens with two attached hydrogens (primary N) is 1. The van der Waals surface area contributed by atoms with E-state index in [2.05, 4.69) is 5.32 Å². The summed E-state index contributed by atoms with van der Waals surface area (Å²) >= 11 is 0. The molecule has 0 aromatic heterocycles. The summed E-state index contributed by atoms with van der Waals surface area (Å²) < 4.78 is 0. The number of hydrogen-bond acceptors (Lipinski definition) is 3. The van der Waals surface area contributed by atoms with Gasteiger partial charge in [0, 0.05) is 14.1 Å². The van der Waals surface area contributed by atoms with Gasteiger partial charge in [-0.3, -0.25) is 4.79 Å². The van der Waals surface area contributed by atoms with E-state index in [0.717, 1.165) is 16.9 Å². The van der Waals surface area contributed by atoms with E-state index in [1.807, 2.05) is 73.6 Å². The first-order valence-corrected chi connectivity index (χ1v) is 6.94. The summed E-state index contributed by atoms with van der Waals surface area (Å²) in [7, 11) is 3.88. The molecule has 0 saturated heterocycles. The fourth-order valence-electron chi connectivity index (χ4n) is 2.16. The number of nitrogens with one attached hydrogen (secondary N) is 1. The molecule has 4 nitrogen and oxygen atoms in total. The molecule has 3 N–H and O–H groups in total. The topological polar surface area (TPSA) is 58.4 Å². The van der Waals surface area contributed by atoms with Crippen molar-refractivity contribution in [3.05, 3.63) is 60.2 Å². The number of carbonyl (C=O) groups excluding carboxylic acids is 1. The van der Waals surface area contributed by atoms with Crippen molar-refractivity contribution in [3.63, 3.8) is 0 Å². The van der Waals surface area contributed by atoms with Crippen LogP contribution >= 0.6 is 0 Å². The molecule has 0 aliphatic rings. The number of hydrogen-bond donors (Lipinski definition) is 2. The molecule has 0 spiro atoms. The van der Waals surface area contributed by atoms with Crippen molar-refractivity contribution < 1.29 is 4.79 Å². The molecule has 4 heteroatoms. The van der Waals surface area contributed by atoms with Gasteiger partial charge in [-0.25, -0.2) is 0 Å². The minimum Gasteiger partial charge on any atom is -0.376 e. The van der Waals surface area contributed by atoms with Gasteiger partial charge in [-0.15, -0.1) is 0 Å². The summed E-state index contributed by atoms with van der Waals surface area (Å²) in [5.41, 5.74) is 8.78. The molecule has 0 saturated carbocycles. The van der Waals surface area contributed by atoms with E-state index in [9.17, 15) is 4.79 Å². The second-order valence-corrected chi connectivity index (χ2v) is 5.20. The van der Waals surface area contributed by atoms with E-state index in [4.69, 9.17) is 5.73 Å². The van der Waals surface area contributed by atoms with Crippen molar-refractivity contribution in [3.8, 4) is 0 Å². The van der Waals surface area contributed by atoms with Gasteiger partial charge in [0.25, 0.3) is 0 Å². The summed E-state index contributed by atoms with van der Waals surface area (Å²) in [4.78, 5) is 14.2. The SMILES string of the molecule is CN(C)c1ccccc1NC(=O)[C@H](N)Cc1ccccc1. The number of amides is 1. The lowest BCUT2D eigenvalue weighted by molar-refractivity contribution is -0.117. The molecule has 0 aliphatic heterocycles. The molecule has 2 aromatic rings. The average Bonchev–Trinajstić information content (AvgIpc) is 2.48. The minimum absolute atomic E-state index is 0.173. The van der Waals surface area contributed by atoms with Crippen LogP contribution in [-0.2, 0) is 11.2 Å². The third-order valence-corrected chi connectivity index (χ3v) is 3.28. The highest BCUT2D eigenvalue weighted by atomic mass is 16.2. The summed E-state index contributed by atoms with van der Waals surface area (Å²) in [6, 6.07) is 16.9. The Morgan fingerprint density at radius 3 is 2.38 bits per heavy atom. The van der Waals surface area contributed by atoms with Crippen LogP contribution < -0.4 is 16.0 Å². The summed E-state index contributed by atoms with van der Waals surface area (Å²) in [5.74, 6) is -0.173. The van der Waals surface area contributed by atoms with Crippen molar-refractivity contribution in [1.29, 1.82) is 0 Å². The second-order valence-electron chi connectivity index (χ2n) is 5.20. The third kappa shape index (κ3) is 4.07. The molecule has 2 rings (SSSR count). The first-order valence-electron chi connectivity index (χ1n) is 6.94. The Balaban J connectivity index is 2.04. The first kappa shape index (κ1) is 15.1. The smallest absolute Gasteiger partial charge is 0.241 e. The maximum atomic E-state index is 12.2. The number of benzene rings is 2. The van der Waals surface area contributed by atoms with Crippen LogP contribution in [0.2, 0.25) is 0 Å². The molecule has 110 valence electrons. The molecule has 0 unspecified atom stereocenters. The second kappa shape index (κ2) is 6.90. The zero-order valence-corrected chi connectivity index (χ0v) is 12.4. The molecule has 0 radical (unpaired) electrons. The van der Waals surface area contributed by atoms with E-state index in [1.165, 1.54) is 0 Å². The normalized spacial score (nSPS) is 11.8. The van der Waals surface area contributed by atoms with E-state index < -0.39 is 6.04 Å². The van der Waals surface area contributed by atoms with Crippen molar-refractivity contribution in [1.82, 2.24) is 0 Å². The molecule has 0 aliphatic carbocycles. The molecular formula is C17H21N3O. The van der Waals surface area contributed by atoms with E-state index >= 15 is 0 Å². The number of rotatable bonds is 5. The predicted octanol–water partition coefficient (Wildman–Crippen LogP) is 2.26. The molecule has 2 aromatic carbocycles. The van der Waals surface area contributed by atoms with Gasteiger partial charge in [-0.2, -0.15) is 0 Å². The monoisotopic (exact) mass is 283 g/mol. The van der Waals surface area contributed by atoms with Gasteiger partial charge in [0.1, 0.15) is 0 Å². The Morgan fingerprint density at radius 1 is 1.10 bits per heavy atom. The minimum atomic E-state index is -0.567. The van der Waals surface area contributed by atoms with Gasteiger partial charge in [0.15, 0.2) is 0 Å². The quantitative estimate of drug-likeness (QED) is 0.885. The van der Waals surface area contributed by atoms with Crippen molar-refractivity contribution in [2.24, 2.45) is 5.73 Å². The maximum Gasteiger partial charge on any atom is 0.241 e. The average molecular weight is 283 g/mol.